The Labute approximate surface area is 127 Å². The number of hydrogen-bond acceptors (Lipinski definition) is 4. The summed E-state index contributed by atoms with van der Waals surface area (Å²) in [5.74, 6) is 1.64. The number of benzene rings is 1. The maximum absolute atomic E-state index is 11.5. The average molecular weight is 294 g/mol. The monoisotopic (exact) mass is 294 g/mol. The summed E-state index contributed by atoms with van der Waals surface area (Å²) in [6.45, 7) is 3.76. The van der Waals surface area contributed by atoms with Crippen molar-refractivity contribution in [3.63, 3.8) is 0 Å². The van der Waals surface area contributed by atoms with Crippen molar-refractivity contribution in [3.05, 3.63) is 23.8 Å². The van der Waals surface area contributed by atoms with Gasteiger partial charge < -0.3 is 19.7 Å². The lowest BCUT2D eigenvalue weighted by molar-refractivity contribution is -0.128. The number of carbonyl (C=O) groups is 1. The van der Waals surface area contributed by atoms with Gasteiger partial charge in [-0.15, -0.1) is 0 Å². The van der Waals surface area contributed by atoms with Gasteiger partial charge >= 0.3 is 0 Å². The average Bonchev–Trinajstić information content (AvgIpc) is 2.45. The van der Waals surface area contributed by atoms with Crippen LogP contribution < -0.4 is 14.8 Å². The van der Waals surface area contributed by atoms with Gasteiger partial charge in [0.2, 0.25) is 5.91 Å². The van der Waals surface area contributed by atoms with Gasteiger partial charge in [-0.1, -0.05) is 12.1 Å². The van der Waals surface area contributed by atoms with Gasteiger partial charge in [0, 0.05) is 32.6 Å². The Hall–Kier alpha value is -1.75. The van der Waals surface area contributed by atoms with Crippen molar-refractivity contribution >= 4 is 5.91 Å². The molecule has 0 aromatic heterocycles. The third kappa shape index (κ3) is 5.63. The fourth-order valence-corrected chi connectivity index (χ4v) is 1.95. The summed E-state index contributed by atoms with van der Waals surface area (Å²) in [6, 6.07) is 5.88. The molecule has 0 bridgehead atoms. The molecule has 1 N–H and O–H groups in total. The lowest BCUT2D eigenvalue weighted by Gasteiger charge is -2.16. The molecule has 5 heteroatoms. The van der Waals surface area contributed by atoms with Crippen LogP contribution in [0.15, 0.2) is 18.2 Å². The van der Waals surface area contributed by atoms with Gasteiger partial charge in [0.05, 0.1) is 13.2 Å². The van der Waals surface area contributed by atoms with E-state index in [1.54, 1.807) is 19.0 Å². The number of rotatable bonds is 9. The first-order chi connectivity index (χ1) is 10.1. The van der Waals surface area contributed by atoms with Crippen molar-refractivity contribution < 1.29 is 14.3 Å². The molecule has 0 aliphatic carbocycles. The molecule has 1 amide bonds. The lowest BCUT2D eigenvalue weighted by atomic mass is 10.2. The van der Waals surface area contributed by atoms with Crippen LogP contribution in [0.2, 0.25) is 0 Å². The van der Waals surface area contributed by atoms with Crippen molar-refractivity contribution in [2.75, 3.05) is 34.4 Å². The largest absolute Gasteiger partial charge is 0.490 e. The SMILES string of the molecule is CCOc1cccc(CNC)c1OCCCC(=O)N(C)C. The quantitative estimate of drug-likeness (QED) is 0.708. The van der Waals surface area contributed by atoms with Crippen LogP contribution >= 0.6 is 0 Å². The first-order valence-corrected chi connectivity index (χ1v) is 7.32. The summed E-state index contributed by atoms with van der Waals surface area (Å²) in [6.07, 6.45) is 1.18. The maximum Gasteiger partial charge on any atom is 0.222 e. The molecule has 0 heterocycles. The molecule has 1 rings (SSSR count). The van der Waals surface area contributed by atoms with E-state index in [-0.39, 0.29) is 5.91 Å². The molecule has 0 aliphatic heterocycles. The number of para-hydroxylation sites is 1. The highest BCUT2D eigenvalue weighted by Gasteiger charge is 2.11. The number of hydrogen-bond donors (Lipinski definition) is 1. The number of nitrogens with zero attached hydrogens (tertiary/aromatic N) is 1. The van der Waals surface area contributed by atoms with Crippen LogP contribution in [0.1, 0.15) is 25.3 Å². The van der Waals surface area contributed by atoms with Crippen molar-refractivity contribution in [1.82, 2.24) is 10.2 Å². The predicted molar refractivity (Wildman–Crippen MR) is 83.8 cm³/mol. The second-order valence-electron chi connectivity index (χ2n) is 4.95. The highest BCUT2D eigenvalue weighted by molar-refractivity contribution is 5.75. The van der Waals surface area contributed by atoms with Crippen LogP contribution in [-0.4, -0.2) is 45.2 Å². The molecule has 1 aromatic rings. The number of carbonyl (C=O) groups excluding carboxylic acids is 1. The van der Waals surface area contributed by atoms with Gasteiger partial charge in [-0.05, 0) is 26.5 Å². The smallest absolute Gasteiger partial charge is 0.222 e. The Morgan fingerprint density at radius 2 is 2.05 bits per heavy atom. The molecule has 5 nitrogen and oxygen atoms in total. The minimum absolute atomic E-state index is 0.118. The summed E-state index contributed by atoms with van der Waals surface area (Å²) in [5, 5.41) is 3.12. The molecule has 118 valence electrons. The Morgan fingerprint density at radius 3 is 2.67 bits per heavy atom. The standard InChI is InChI=1S/C16H26N2O3/c1-5-20-14-9-6-8-13(12-17-2)16(14)21-11-7-10-15(19)18(3)4/h6,8-9,17H,5,7,10-12H2,1-4H3. The summed E-state index contributed by atoms with van der Waals surface area (Å²) in [7, 11) is 5.42. The highest BCUT2D eigenvalue weighted by Crippen LogP contribution is 2.31. The van der Waals surface area contributed by atoms with E-state index in [1.165, 1.54) is 0 Å². The van der Waals surface area contributed by atoms with Crippen molar-refractivity contribution in [1.29, 1.82) is 0 Å². The van der Waals surface area contributed by atoms with Gasteiger partial charge in [-0.2, -0.15) is 0 Å². The molecule has 0 spiro atoms. The van der Waals surface area contributed by atoms with Gasteiger partial charge in [0.25, 0.3) is 0 Å². The Balaban J connectivity index is 2.64. The van der Waals surface area contributed by atoms with Crippen molar-refractivity contribution in [3.8, 4) is 11.5 Å². The zero-order chi connectivity index (χ0) is 15.7. The van der Waals surface area contributed by atoms with Gasteiger partial charge in [0.1, 0.15) is 0 Å². The molecule has 1 aromatic carbocycles. The summed E-state index contributed by atoms with van der Waals surface area (Å²) < 4.78 is 11.5. The van der Waals surface area contributed by atoms with E-state index in [0.29, 0.717) is 32.6 Å². The van der Waals surface area contributed by atoms with E-state index in [4.69, 9.17) is 9.47 Å². The third-order valence-electron chi connectivity index (χ3n) is 3.01. The Bertz CT molecular complexity index is 423. The van der Waals surface area contributed by atoms with Crippen LogP contribution in [0.25, 0.3) is 0 Å². The molecular formula is C16H26N2O3. The minimum Gasteiger partial charge on any atom is -0.490 e. The maximum atomic E-state index is 11.5. The molecule has 0 fully saturated rings. The normalized spacial score (nSPS) is 10.3. The van der Waals surface area contributed by atoms with Gasteiger partial charge in [0.15, 0.2) is 11.5 Å². The number of ether oxygens (including phenoxy) is 2. The van der Waals surface area contributed by atoms with Crippen LogP contribution in [0.3, 0.4) is 0 Å². The van der Waals surface area contributed by atoms with E-state index in [9.17, 15) is 4.79 Å². The van der Waals surface area contributed by atoms with E-state index < -0.39 is 0 Å². The molecule has 0 atom stereocenters. The second-order valence-corrected chi connectivity index (χ2v) is 4.95. The lowest BCUT2D eigenvalue weighted by Crippen LogP contribution is -2.21. The summed E-state index contributed by atoms with van der Waals surface area (Å²) in [4.78, 5) is 13.1. The van der Waals surface area contributed by atoms with Crippen LogP contribution in [0.4, 0.5) is 0 Å². The van der Waals surface area contributed by atoms with E-state index in [2.05, 4.69) is 5.32 Å². The Kier molecular flexibility index (Phi) is 7.61. The van der Waals surface area contributed by atoms with E-state index in [0.717, 1.165) is 17.1 Å². The summed E-state index contributed by atoms with van der Waals surface area (Å²) >= 11 is 0. The molecule has 0 aliphatic rings. The molecule has 21 heavy (non-hydrogen) atoms. The third-order valence-corrected chi connectivity index (χ3v) is 3.01. The second kappa shape index (κ2) is 9.23. The van der Waals surface area contributed by atoms with Crippen LogP contribution in [0.5, 0.6) is 11.5 Å². The van der Waals surface area contributed by atoms with Crippen LogP contribution in [0, 0.1) is 0 Å². The van der Waals surface area contributed by atoms with Crippen molar-refractivity contribution in [2.45, 2.75) is 26.3 Å². The number of nitrogens with one attached hydrogen (secondary N) is 1. The molecule has 0 radical (unpaired) electrons. The number of amides is 1. The zero-order valence-electron chi connectivity index (χ0n) is 13.4. The van der Waals surface area contributed by atoms with Gasteiger partial charge in [-0.25, -0.2) is 0 Å². The van der Waals surface area contributed by atoms with E-state index >= 15 is 0 Å². The van der Waals surface area contributed by atoms with Gasteiger partial charge in [-0.3, -0.25) is 4.79 Å². The first kappa shape index (κ1) is 17.3. The topological polar surface area (TPSA) is 50.8 Å². The van der Waals surface area contributed by atoms with Crippen molar-refractivity contribution in [2.24, 2.45) is 0 Å². The predicted octanol–water partition coefficient (Wildman–Crippen LogP) is 2.05. The first-order valence-electron chi connectivity index (χ1n) is 7.32. The molecule has 0 saturated heterocycles. The Morgan fingerprint density at radius 1 is 1.29 bits per heavy atom. The van der Waals surface area contributed by atoms with E-state index in [1.807, 2.05) is 32.2 Å². The minimum atomic E-state index is 0.118. The highest BCUT2D eigenvalue weighted by atomic mass is 16.5. The van der Waals surface area contributed by atoms with Crippen LogP contribution in [-0.2, 0) is 11.3 Å². The fourth-order valence-electron chi connectivity index (χ4n) is 1.95. The molecule has 0 unspecified atom stereocenters. The zero-order valence-corrected chi connectivity index (χ0v) is 13.4. The molecular weight excluding hydrogens is 268 g/mol. The molecule has 0 saturated carbocycles. The summed E-state index contributed by atoms with van der Waals surface area (Å²) in [5.41, 5.74) is 1.06. The fraction of sp³-hybridized carbons (Fsp3) is 0.562.